The lowest BCUT2D eigenvalue weighted by Gasteiger charge is -2.17. The standard InChI is InChI=1S/C16H21N7O6/c1-21(13-2-3-14(23(25)26)16-15(13)18-29-19-16)10-12-11-22(20-17-12)4-6-27-8-9-28-7-5-24/h2-3,11,24H,4-10H2,1H3. The van der Waals surface area contributed by atoms with Gasteiger partial charge in [0.2, 0.25) is 5.52 Å². The summed E-state index contributed by atoms with van der Waals surface area (Å²) in [4.78, 5) is 12.4. The van der Waals surface area contributed by atoms with Gasteiger partial charge in [-0.15, -0.1) is 5.10 Å². The Balaban J connectivity index is 1.55. The van der Waals surface area contributed by atoms with E-state index in [4.69, 9.17) is 14.6 Å². The smallest absolute Gasteiger partial charge is 0.300 e. The lowest BCUT2D eigenvalue weighted by atomic mass is 10.2. The second-order valence-electron chi connectivity index (χ2n) is 6.10. The van der Waals surface area contributed by atoms with Gasteiger partial charge in [-0.1, -0.05) is 5.21 Å². The summed E-state index contributed by atoms with van der Waals surface area (Å²) >= 11 is 0. The Morgan fingerprint density at radius 2 is 1.97 bits per heavy atom. The topological polar surface area (TPSA) is 155 Å². The van der Waals surface area contributed by atoms with E-state index in [1.807, 2.05) is 11.9 Å². The van der Waals surface area contributed by atoms with Crippen molar-refractivity contribution < 1.29 is 24.1 Å². The fourth-order valence-electron chi connectivity index (χ4n) is 2.69. The van der Waals surface area contributed by atoms with E-state index in [-0.39, 0.29) is 17.8 Å². The second kappa shape index (κ2) is 9.86. The van der Waals surface area contributed by atoms with E-state index in [1.165, 1.54) is 6.07 Å². The summed E-state index contributed by atoms with van der Waals surface area (Å²) in [6, 6.07) is 2.97. The molecule has 13 heteroatoms. The number of ether oxygens (including phenoxy) is 2. The van der Waals surface area contributed by atoms with Crippen molar-refractivity contribution in [2.45, 2.75) is 13.1 Å². The summed E-state index contributed by atoms with van der Waals surface area (Å²) in [5, 5.41) is 35.3. The lowest BCUT2D eigenvalue weighted by molar-refractivity contribution is -0.383. The van der Waals surface area contributed by atoms with Crippen LogP contribution in [-0.4, -0.2) is 75.4 Å². The van der Waals surface area contributed by atoms with Gasteiger partial charge in [-0.3, -0.25) is 10.1 Å². The predicted octanol–water partition coefficient (Wildman–Crippen LogP) is 0.384. The normalized spacial score (nSPS) is 11.2. The SMILES string of the molecule is CN(Cc1cn(CCOCCOCCO)nn1)c1ccc([N+](=O)[O-])c2nonc12. The van der Waals surface area contributed by atoms with Crippen LogP contribution in [0, 0.1) is 10.1 Å². The molecule has 29 heavy (non-hydrogen) atoms. The summed E-state index contributed by atoms with van der Waals surface area (Å²) in [6.45, 7) is 2.56. The molecule has 0 saturated heterocycles. The second-order valence-corrected chi connectivity index (χ2v) is 6.10. The zero-order valence-corrected chi connectivity index (χ0v) is 15.8. The minimum atomic E-state index is -0.525. The highest BCUT2D eigenvalue weighted by atomic mass is 16.6. The zero-order chi connectivity index (χ0) is 20.6. The van der Waals surface area contributed by atoms with Gasteiger partial charge in [0, 0.05) is 13.1 Å². The third-order valence-corrected chi connectivity index (χ3v) is 4.04. The molecule has 1 N–H and O–H groups in total. The molecule has 0 spiro atoms. The van der Waals surface area contributed by atoms with Crippen molar-refractivity contribution >= 4 is 22.4 Å². The molecule has 1 aromatic carbocycles. The predicted molar refractivity (Wildman–Crippen MR) is 99.3 cm³/mol. The van der Waals surface area contributed by atoms with Crippen LogP contribution in [0.2, 0.25) is 0 Å². The molecule has 3 rings (SSSR count). The van der Waals surface area contributed by atoms with E-state index in [0.717, 1.165) is 0 Å². The van der Waals surface area contributed by atoms with Crippen molar-refractivity contribution in [3.63, 3.8) is 0 Å². The van der Waals surface area contributed by atoms with Gasteiger partial charge in [-0.25, -0.2) is 9.31 Å². The number of anilines is 1. The number of hydrogen-bond acceptors (Lipinski definition) is 11. The first-order valence-electron chi connectivity index (χ1n) is 8.86. The number of benzene rings is 1. The average Bonchev–Trinajstić information content (AvgIpc) is 3.36. The summed E-state index contributed by atoms with van der Waals surface area (Å²) < 4.78 is 16.9. The number of fused-ring (bicyclic) bond motifs is 1. The maximum absolute atomic E-state index is 11.1. The Morgan fingerprint density at radius 1 is 1.21 bits per heavy atom. The quantitative estimate of drug-likeness (QED) is 0.252. The molecule has 13 nitrogen and oxygen atoms in total. The number of nitrogens with zero attached hydrogens (tertiary/aromatic N) is 7. The Bertz CT molecular complexity index is 943. The van der Waals surface area contributed by atoms with Gasteiger partial charge >= 0.3 is 5.69 Å². The summed E-state index contributed by atoms with van der Waals surface area (Å²) in [6.07, 6.45) is 1.80. The summed E-state index contributed by atoms with van der Waals surface area (Å²) in [5.74, 6) is 0. The number of aliphatic hydroxyl groups is 1. The van der Waals surface area contributed by atoms with Crippen LogP contribution in [-0.2, 0) is 22.6 Å². The number of rotatable bonds is 12. The molecule has 0 amide bonds. The van der Waals surface area contributed by atoms with Crippen molar-refractivity contribution in [3.05, 3.63) is 34.1 Å². The molecular weight excluding hydrogens is 386 g/mol. The van der Waals surface area contributed by atoms with Crippen LogP contribution in [0.5, 0.6) is 0 Å². The Morgan fingerprint density at radius 3 is 2.72 bits per heavy atom. The Hall–Kier alpha value is -3.16. The van der Waals surface area contributed by atoms with Crippen molar-refractivity contribution in [2.75, 3.05) is 45.0 Å². The Kier molecular flexibility index (Phi) is 6.99. The third-order valence-electron chi connectivity index (χ3n) is 4.04. The third kappa shape index (κ3) is 5.22. The molecule has 0 aliphatic heterocycles. The highest BCUT2D eigenvalue weighted by Gasteiger charge is 2.21. The van der Waals surface area contributed by atoms with Crippen molar-refractivity contribution in [2.24, 2.45) is 0 Å². The molecular formula is C16H21N7O6. The first-order valence-corrected chi connectivity index (χ1v) is 8.86. The Labute approximate surface area is 164 Å². The fraction of sp³-hybridized carbons (Fsp3) is 0.500. The van der Waals surface area contributed by atoms with Crippen LogP contribution in [0.1, 0.15) is 5.69 Å². The molecule has 0 bridgehead atoms. The van der Waals surface area contributed by atoms with Crippen molar-refractivity contribution in [1.82, 2.24) is 25.3 Å². The molecule has 0 radical (unpaired) electrons. The number of non-ortho nitro benzene ring substituents is 1. The molecule has 0 unspecified atom stereocenters. The van der Waals surface area contributed by atoms with Crippen molar-refractivity contribution in [3.8, 4) is 0 Å². The number of aromatic nitrogens is 5. The molecule has 3 aromatic rings. The minimum Gasteiger partial charge on any atom is -0.394 e. The van der Waals surface area contributed by atoms with Crippen LogP contribution >= 0.6 is 0 Å². The molecule has 0 aliphatic rings. The van der Waals surface area contributed by atoms with E-state index < -0.39 is 4.92 Å². The number of nitro benzene ring substituents is 1. The number of hydrogen-bond donors (Lipinski definition) is 1. The molecule has 2 heterocycles. The largest absolute Gasteiger partial charge is 0.394 e. The van der Waals surface area contributed by atoms with Gasteiger partial charge in [-0.05, 0) is 16.4 Å². The first kappa shape index (κ1) is 20.6. The molecule has 0 fully saturated rings. The highest BCUT2D eigenvalue weighted by Crippen LogP contribution is 2.31. The molecule has 0 atom stereocenters. The van der Waals surface area contributed by atoms with E-state index in [9.17, 15) is 10.1 Å². The van der Waals surface area contributed by atoms with E-state index in [2.05, 4.69) is 25.3 Å². The highest BCUT2D eigenvalue weighted by molar-refractivity contribution is 5.93. The maximum Gasteiger partial charge on any atom is 0.300 e. The van der Waals surface area contributed by atoms with Gasteiger partial charge in [0.25, 0.3) is 0 Å². The van der Waals surface area contributed by atoms with Gasteiger partial charge in [0.05, 0.1) is 62.9 Å². The van der Waals surface area contributed by atoms with Crippen molar-refractivity contribution in [1.29, 1.82) is 0 Å². The molecule has 156 valence electrons. The first-order chi connectivity index (χ1) is 14.1. The average molecular weight is 407 g/mol. The van der Waals surface area contributed by atoms with E-state index >= 15 is 0 Å². The zero-order valence-electron chi connectivity index (χ0n) is 15.8. The van der Waals surface area contributed by atoms with Gasteiger partial charge in [-0.2, -0.15) is 0 Å². The lowest BCUT2D eigenvalue weighted by Crippen LogP contribution is -2.17. The van der Waals surface area contributed by atoms with Crippen LogP contribution in [0.15, 0.2) is 23.0 Å². The monoisotopic (exact) mass is 407 g/mol. The van der Waals surface area contributed by atoms with Gasteiger partial charge < -0.3 is 19.5 Å². The van der Waals surface area contributed by atoms with Crippen LogP contribution in [0.4, 0.5) is 11.4 Å². The minimum absolute atomic E-state index is 0.00521. The summed E-state index contributed by atoms with van der Waals surface area (Å²) in [7, 11) is 1.81. The van der Waals surface area contributed by atoms with Crippen LogP contribution in [0.25, 0.3) is 11.0 Å². The van der Waals surface area contributed by atoms with Gasteiger partial charge in [0.15, 0.2) is 5.52 Å². The van der Waals surface area contributed by atoms with Crippen LogP contribution in [0.3, 0.4) is 0 Å². The van der Waals surface area contributed by atoms with E-state index in [0.29, 0.717) is 56.4 Å². The van der Waals surface area contributed by atoms with E-state index in [1.54, 1.807) is 16.9 Å². The molecule has 2 aromatic heterocycles. The number of aliphatic hydroxyl groups excluding tert-OH is 1. The van der Waals surface area contributed by atoms with Gasteiger partial charge in [0.1, 0.15) is 5.69 Å². The maximum atomic E-state index is 11.1. The number of nitro groups is 1. The van der Waals surface area contributed by atoms with Crippen LogP contribution < -0.4 is 4.90 Å². The summed E-state index contributed by atoms with van der Waals surface area (Å²) in [5.41, 5.74) is 1.59. The fourth-order valence-corrected chi connectivity index (χ4v) is 2.69. The molecule has 0 aliphatic carbocycles. The molecule has 0 saturated carbocycles.